The van der Waals surface area contributed by atoms with Crippen molar-refractivity contribution in [1.82, 2.24) is 9.88 Å². The number of carbonyl (C=O) groups excluding carboxylic acids is 1. The summed E-state index contributed by atoms with van der Waals surface area (Å²) in [6.07, 6.45) is 4.67. The molecule has 0 aromatic carbocycles. The molecule has 1 amide bonds. The summed E-state index contributed by atoms with van der Waals surface area (Å²) in [7, 11) is 0. The molecule has 2 bridgehead atoms. The van der Waals surface area contributed by atoms with Gasteiger partial charge in [-0.05, 0) is 64.9 Å². The first kappa shape index (κ1) is 18.5. The number of likely N-dealkylation sites (tertiary alicyclic amines) is 1. The maximum atomic E-state index is 12.3. The van der Waals surface area contributed by atoms with Gasteiger partial charge in [0.15, 0.2) is 0 Å². The Hall–Kier alpha value is -1.49. The second-order valence-electron chi connectivity index (χ2n) is 10.4. The van der Waals surface area contributed by atoms with E-state index < -0.39 is 5.60 Å². The Labute approximate surface area is 172 Å². The summed E-state index contributed by atoms with van der Waals surface area (Å²) in [6, 6.07) is 0. The van der Waals surface area contributed by atoms with Crippen LogP contribution >= 0.6 is 11.6 Å². The van der Waals surface area contributed by atoms with Gasteiger partial charge in [0.1, 0.15) is 11.4 Å². The predicted octanol–water partition coefficient (Wildman–Crippen LogP) is 4.86. The van der Waals surface area contributed by atoms with E-state index in [1.165, 1.54) is 30.5 Å². The number of aromatic nitrogens is 1. The Kier molecular flexibility index (Phi) is 3.98. The second-order valence-corrected chi connectivity index (χ2v) is 10.8. The third-order valence-corrected chi connectivity index (χ3v) is 7.56. The number of anilines is 1. The summed E-state index contributed by atoms with van der Waals surface area (Å²) >= 11 is 6.83. The Bertz CT molecular complexity index is 841. The topological polar surface area (TPSA) is 45.7 Å². The van der Waals surface area contributed by atoms with Crippen LogP contribution in [0.1, 0.15) is 75.1 Å². The van der Waals surface area contributed by atoms with Crippen LogP contribution in [-0.2, 0) is 4.74 Å². The highest BCUT2D eigenvalue weighted by Gasteiger charge is 2.51. The van der Waals surface area contributed by atoms with Crippen LogP contribution in [0.25, 0.3) is 0 Å². The Morgan fingerprint density at radius 1 is 1.21 bits per heavy atom. The van der Waals surface area contributed by atoms with Crippen molar-refractivity contribution in [2.45, 2.75) is 70.8 Å². The highest BCUT2D eigenvalue weighted by atomic mass is 35.5. The Morgan fingerprint density at radius 3 is 2.64 bits per heavy atom. The molecule has 152 valence electrons. The predicted molar refractivity (Wildman–Crippen MR) is 110 cm³/mol. The summed E-state index contributed by atoms with van der Waals surface area (Å²) in [5.74, 6) is 2.32. The minimum Gasteiger partial charge on any atom is -0.444 e. The second kappa shape index (κ2) is 6.01. The number of nitrogens with zero attached hydrogens (tertiary/aromatic N) is 3. The van der Waals surface area contributed by atoms with Crippen molar-refractivity contribution < 1.29 is 9.53 Å². The zero-order valence-electron chi connectivity index (χ0n) is 17.3. The van der Waals surface area contributed by atoms with E-state index in [0.29, 0.717) is 11.8 Å². The molecule has 2 aliphatic heterocycles. The minimum absolute atomic E-state index is 0.176. The van der Waals surface area contributed by atoms with E-state index in [0.717, 1.165) is 49.0 Å². The van der Waals surface area contributed by atoms with Crippen LogP contribution in [0.5, 0.6) is 0 Å². The van der Waals surface area contributed by atoms with Gasteiger partial charge in [0.25, 0.3) is 0 Å². The van der Waals surface area contributed by atoms with Gasteiger partial charge in [-0.1, -0.05) is 11.6 Å². The maximum Gasteiger partial charge on any atom is 0.410 e. The van der Waals surface area contributed by atoms with E-state index in [-0.39, 0.29) is 11.5 Å². The molecule has 5 nitrogen and oxygen atoms in total. The van der Waals surface area contributed by atoms with Crippen LogP contribution in [-0.4, -0.2) is 47.8 Å². The lowest BCUT2D eigenvalue weighted by Crippen LogP contribution is -2.60. The summed E-state index contributed by atoms with van der Waals surface area (Å²) < 4.78 is 5.51. The molecular weight excluding hydrogens is 374 g/mol. The van der Waals surface area contributed by atoms with Crippen molar-refractivity contribution in [1.29, 1.82) is 0 Å². The van der Waals surface area contributed by atoms with Crippen LogP contribution in [0.15, 0.2) is 0 Å². The quantitative estimate of drug-likeness (QED) is 0.672. The molecular formula is C22H30ClN3O2. The molecule has 3 fully saturated rings. The van der Waals surface area contributed by atoms with Gasteiger partial charge in [-0.2, -0.15) is 0 Å². The van der Waals surface area contributed by atoms with E-state index in [4.69, 9.17) is 21.3 Å². The monoisotopic (exact) mass is 403 g/mol. The highest BCUT2D eigenvalue weighted by molar-refractivity contribution is 6.32. The van der Waals surface area contributed by atoms with Crippen molar-refractivity contribution in [2.24, 2.45) is 5.41 Å². The molecule has 0 N–H and O–H groups in total. The maximum absolute atomic E-state index is 12.3. The number of carbonyl (C=O) groups is 1. The van der Waals surface area contributed by atoms with Crippen molar-refractivity contribution in [3.63, 3.8) is 0 Å². The summed E-state index contributed by atoms with van der Waals surface area (Å²) in [5, 5.41) is 0.956. The third-order valence-electron chi connectivity index (χ3n) is 7.07. The Morgan fingerprint density at radius 2 is 1.93 bits per heavy atom. The standard InChI is InChI=1S/C22H30ClN3O2/c1-13-17(23)16-14-5-6-15(9-14)18(16)24-19(13)25-8-7-22(10-25)11-26(12-22)20(27)28-21(2,3)4/h14-15H,5-12H2,1-4H3/t14-,15+/m1/s1. The number of fused-ring (bicyclic) bond motifs is 5. The van der Waals surface area contributed by atoms with Gasteiger partial charge >= 0.3 is 6.09 Å². The van der Waals surface area contributed by atoms with E-state index in [2.05, 4.69) is 11.8 Å². The zero-order valence-corrected chi connectivity index (χ0v) is 18.1. The molecule has 5 rings (SSSR count). The Balaban J connectivity index is 1.31. The van der Waals surface area contributed by atoms with Gasteiger partial charge in [-0.15, -0.1) is 0 Å². The molecule has 3 heterocycles. The fourth-order valence-electron chi connectivity index (χ4n) is 5.76. The largest absolute Gasteiger partial charge is 0.444 e. The number of halogens is 1. The number of pyridine rings is 1. The lowest BCUT2D eigenvalue weighted by Gasteiger charge is -2.47. The van der Waals surface area contributed by atoms with E-state index in [1.54, 1.807) is 0 Å². The van der Waals surface area contributed by atoms with Crippen LogP contribution in [0.3, 0.4) is 0 Å². The molecule has 0 unspecified atom stereocenters. The van der Waals surface area contributed by atoms with Crippen LogP contribution < -0.4 is 4.90 Å². The molecule has 2 atom stereocenters. The van der Waals surface area contributed by atoms with Gasteiger partial charge in [0, 0.05) is 43.1 Å². The number of amides is 1. The molecule has 1 aromatic heterocycles. The van der Waals surface area contributed by atoms with E-state index in [9.17, 15) is 4.79 Å². The first-order chi connectivity index (χ1) is 13.2. The average Bonchev–Trinajstić information content (AvgIpc) is 3.28. The van der Waals surface area contributed by atoms with Crippen molar-refractivity contribution >= 4 is 23.5 Å². The molecule has 6 heteroatoms. The summed E-state index contributed by atoms with van der Waals surface area (Å²) in [6.45, 7) is 11.4. The number of hydrogen-bond donors (Lipinski definition) is 0. The summed E-state index contributed by atoms with van der Waals surface area (Å²) in [5.41, 5.74) is 3.48. The van der Waals surface area contributed by atoms with Gasteiger partial charge < -0.3 is 14.5 Å². The van der Waals surface area contributed by atoms with E-state index >= 15 is 0 Å². The highest BCUT2D eigenvalue weighted by Crippen LogP contribution is 2.56. The van der Waals surface area contributed by atoms with Gasteiger partial charge in [-0.3, -0.25) is 0 Å². The zero-order chi connectivity index (χ0) is 19.8. The minimum atomic E-state index is -0.441. The lowest BCUT2D eigenvalue weighted by atomic mass is 9.79. The molecule has 2 saturated heterocycles. The first-order valence-electron chi connectivity index (χ1n) is 10.6. The molecule has 4 aliphatic rings. The number of ether oxygens (including phenoxy) is 1. The van der Waals surface area contributed by atoms with Crippen molar-refractivity contribution in [3.05, 3.63) is 21.8 Å². The first-order valence-corrected chi connectivity index (χ1v) is 11.0. The van der Waals surface area contributed by atoms with Crippen molar-refractivity contribution in [2.75, 3.05) is 31.1 Å². The smallest absolute Gasteiger partial charge is 0.410 e. The molecule has 1 aromatic rings. The SMILES string of the molecule is Cc1c(N2CCC3(CN(C(=O)OC(C)(C)C)C3)C2)nc2c(c1Cl)[C@@H]1CC[C@H]2C1. The molecule has 1 saturated carbocycles. The lowest BCUT2D eigenvalue weighted by molar-refractivity contribution is -0.0266. The fourth-order valence-corrected chi connectivity index (χ4v) is 6.10. The normalized spacial score (nSPS) is 27.3. The van der Waals surface area contributed by atoms with Crippen LogP contribution in [0, 0.1) is 12.3 Å². The average molecular weight is 404 g/mol. The van der Waals surface area contributed by atoms with Gasteiger partial charge in [0.05, 0.1) is 10.7 Å². The summed E-state index contributed by atoms with van der Waals surface area (Å²) in [4.78, 5) is 21.7. The number of hydrogen-bond acceptors (Lipinski definition) is 4. The number of rotatable bonds is 1. The van der Waals surface area contributed by atoms with Gasteiger partial charge in [0.2, 0.25) is 0 Å². The van der Waals surface area contributed by atoms with Gasteiger partial charge in [-0.25, -0.2) is 9.78 Å². The van der Waals surface area contributed by atoms with Crippen molar-refractivity contribution in [3.8, 4) is 0 Å². The molecule has 1 spiro atoms. The fraction of sp³-hybridized carbons (Fsp3) is 0.727. The molecule has 2 aliphatic carbocycles. The molecule has 0 radical (unpaired) electrons. The van der Waals surface area contributed by atoms with Crippen LogP contribution in [0.4, 0.5) is 10.6 Å². The molecule has 28 heavy (non-hydrogen) atoms. The van der Waals surface area contributed by atoms with E-state index in [1.807, 2.05) is 25.7 Å². The van der Waals surface area contributed by atoms with Crippen LogP contribution in [0.2, 0.25) is 5.02 Å². The third kappa shape index (κ3) is 2.80.